The molecule has 0 saturated carbocycles. The third kappa shape index (κ3) is 4.75. The molecule has 0 aliphatic heterocycles. The van der Waals surface area contributed by atoms with Gasteiger partial charge in [-0.1, -0.05) is 39.0 Å². The lowest BCUT2D eigenvalue weighted by Gasteiger charge is -2.24. The Labute approximate surface area is 189 Å². The lowest BCUT2D eigenvalue weighted by atomic mass is 9.86. The van der Waals surface area contributed by atoms with Crippen LogP contribution in [0.5, 0.6) is 5.75 Å². The van der Waals surface area contributed by atoms with Crippen LogP contribution in [0.3, 0.4) is 0 Å². The van der Waals surface area contributed by atoms with Gasteiger partial charge in [-0.2, -0.15) is 0 Å². The number of carbonyl (C=O) groups excluding carboxylic acids is 1. The molecule has 1 aromatic heterocycles. The van der Waals surface area contributed by atoms with Gasteiger partial charge in [-0.15, -0.1) is 0 Å². The van der Waals surface area contributed by atoms with E-state index in [0.717, 1.165) is 28.3 Å². The molecule has 1 heterocycles. The summed E-state index contributed by atoms with van der Waals surface area (Å²) in [4.78, 5) is 13.4. The molecule has 0 fully saturated rings. The number of nitrogens with zero attached hydrogens (tertiary/aromatic N) is 1. The highest BCUT2D eigenvalue weighted by Gasteiger charge is 2.23. The third-order valence-electron chi connectivity index (χ3n) is 5.37. The van der Waals surface area contributed by atoms with E-state index in [9.17, 15) is 13.2 Å². The van der Waals surface area contributed by atoms with Crippen molar-refractivity contribution in [3.63, 3.8) is 0 Å². The smallest absolute Gasteiger partial charge is 0.272 e. The number of amides is 1. The maximum Gasteiger partial charge on any atom is 0.272 e. The Morgan fingerprint density at radius 2 is 1.78 bits per heavy atom. The fourth-order valence-corrected chi connectivity index (χ4v) is 4.42. The Morgan fingerprint density at radius 1 is 1.12 bits per heavy atom. The van der Waals surface area contributed by atoms with Crippen molar-refractivity contribution in [3.05, 3.63) is 53.2 Å². The first-order valence-corrected chi connectivity index (χ1v) is 12.4. The predicted molar refractivity (Wildman–Crippen MR) is 130 cm³/mol. The van der Waals surface area contributed by atoms with Gasteiger partial charge in [0, 0.05) is 11.9 Å². The van der Waals surface area contributed by atoms with Crippen LogP contribution in [0.25, 0.3) is 10.9 Å². The Bertz CT molecular complexity index is 1280. The topological polar surface area (TPSA) is 89.4 Å². The van der Waals surface area contributed by atoms with Crippen LogP contribution < -0.4 is 14.8 Å². The van der Waals surface area contributed by atoms with Gasteiger partial charge >= 0.3 is 0 Å². The molecule has 1 amide bonds. The molecule has 2 N–H and O–H groups in total. The normalized spacial score (nSPS) is 12.1. The van der Waals surface area contributed by atoms with Crippen molar-refractivity contribution in [3.8, 4) is 5.75 Å². The summed E-state index contributed by atoms with van der Waals surface area (Å²) >= 11 is 0. The van der Waals surface area contributed by atoms with Gasteiger partial charge in [0.15, 0.2) is 5.75 Å². The van der Waals surface area contributed by atoms with Crippen molar-refractivity contribution < 1.29 is 17.9 Å². The average Bonchev–Trinajstić information content (AvgIpc) is 3.06. The minimum Gasteiger partial charge on any atom is -0.492 e. The molecular formula is C24H31N3O4S. The largest absolute Gasteiger partial charge is 0.492 e. The van der Waals surface area contributed by atoms with E-state index in [1.807, 2.05) is 69.5 Å². The molecule has 0 bridgehead atoms. The average molecular weight is 458 g/mol. The van der Waals surface area contributed by atoms with Gasteiger partial charge < -0.3 is 14.6 Å². The minimum absolute atomic E-state index is 0.257. The number of fused-ring (bicyclic) bond motifs is 1. The van der Waals surface area contributed by atoms with Gasteiger partial charge in [-0.05, 0) is 48.6 Å². The molecule has 0 saturated heterocycles. The highest BCUT2D eigenvalue weighted by atomic mass is 32.2. The zero-order valence-electron chi connectivity index (χ0n) is 19.7. The quantitative estimate of drug-likeness (QED) is 0.551. The molecule has 0 unspecified atom stereocenters. The summed E-state index contributed by atoms with van der Waals surface area (Å²) < 4.78 is 33.9. The van der Waals surface area contributed by atoms with Gasteiger partial charge in [0.2, 0.25) is 10.0 Å². The molecule has 32 heavy (non-hydrogen) atoms. The zero-order valence-corrected chi connectivity index (χ0v) is 20.5. The maximum atomic E-state index is 13.4. The van der Waals surface area contributed by atoms with E-state index < -0.39 is 10.0 Å². The number of anilines is 2. The Hall–Kier alpha value is -3.00. The fourth-order valence-electron chi connectivity index (χ4n) is 3.87. The van der Waals surface area contributed by atoms with E-state index in [-0.39, 0.29) is 22.8 Å². The highest BCUT2D eigenvalue weighted by Crippen LogP contribution is 2.39. The summed E-state index contributed by atoms with van der Waals surface area (Å²) in [5.41, 5.74) is 3.90. The van der Waals surface area contributed by atoms with E-state index in [1.54, 1.807) is 6.07 Å². The lowest BCUT2D eigenvalue weighted by molar-refractivity contribution is 0.101. The van der Waals surface area contributed by atoms with Gasteiger partial charge in [0.1, 0.15) is 5.69 Å². The van der Waals surface area contributed by atoms with Crippen LogP contribution in [0.4, 0.5) is 11.4 Å². The van der Waals surface area contributed by atoms with Crippen LogP contribution in [-0.2, 0) is 22.0 Å². The number of methoxy groups -OCH3 is 1. The van der Waals surface area contributed by atoms with Crippen molar-refractivity contribution >= 4 is 38.2 Å². The molecule has 0 atom stereocenters. The number of carbonyl (C=O) groups is 1. The standard InChI is InChI=1S/C24H31N3O4S/c1-8-27-20(12-16-11-9-10-15(2)21(16)27)23(28)25-18-13-17(24(3,4)5)14-19(22(18)31-6)26-32(7,29)30/h9-14,26H,8H2,1-7H3,(H,25,28). The summed E-state index contributed by atoms with van der Waals surface area (Å²) in [5, 5.41) is 3.94. The van der Waals surface area contributed by atoms with Crippen LogP contribution in [0.1, 0.15) is 49.3 Å². The second-order valence-corrected chi connectivity index (χ2v) is 10.7. The van der Waals surface area contributed by atoms with Crippen LogP contribution in [0.2, 0.25) is 0 Å². The van der Waals surface area contributed by atoms with Gasteiger partial charge in [-0.25, -0.2) is 8.42 Å². The maximum absolute atomic E-state index is 13.4. The number of ether oxygens (including phenoxy) is 1. The second kappa shape index (κ2) is 8.50. The summed E-state index contributed by atoms with van der Waals surface area (Å²) in [6.07, 6.45) is 1.08. The minimum atomic E-state index is -3.55. The zero-order chi connectivity index (χ0) is 23.8. The fraction of sp³-hybridized carbons (Fsp3) is 0.375. The SMILES string of the molecule is CCn1c(C(=O)Nc2cc(C(C)(C)C)cc(NS(C)(=O)=O)c2OC)cc2cccc(C)c21. The van der Waals surface area contributed by atoms with Crippen LogP contribution in [-0.4, -0.2) is 32.3 Å². The van der Waals surface area contributed by atoms with Crippen LogP contribution >= 0.6 is 0 Å². The molecule has 0 spiro atoms. The lowest BCUT2D eigenvalue weighted by Crippen LogP contribution is -2.20. The molecule has 3 rings (SSSR count). The van der Waals surface area contributed by atoms with Crippen molar-refractivity contribution in [2.75, 3.05) is 23.4 Å². The van der Waals surface area contributed by atoms with E-state index in [0.29, 0.717) is 17.9 Å². The number of rotatable bonds is 6. The van der Waals surface area contributed by atoms with Crippen molar-refractivity contribution in [2.24, 2.45) is 0 Å². The number of nitrogens with one attached hydrogen (secondary N) is 2. The first-order valence-electron chi connectivity index (χ1n) is 10.5. The number of hydrogen-bond donors (Lipinski definition) is 2. The predicted octanol–water partition coefficient (Wildman–Crippen LogP) is 4.90. The van der Waals surface area contributed by atoms with E-state index in [2.05, 4.69) is 10.0 Å². The monoisotopic (exact) mass is 457 g/mol. The van der Waals surface area contributed by atoms with Crippen molar-refractivity contribution in [1.29, 1.82) is 0 Å². The summed E-state index contributed by atoms with van der Waals surface area (Å²) in [7, 11) is -2.10. The number of hydrogen-bond acceptors (Lipinski definition) is 4. The van der Waals surface area contributed by atoms with Crippen LogP contribution in [0, 0.1) is 6.92 Å². The molecule has 0 aliphatic carbocycles. The van der Waals surface area contributed by atoms with E-state index in [4.69, 9.17) is 4.74 Å². The summed E-state index contributed by atoms with van der Waals surface area (Å²) in [5.74, 6) is -0.0378. The third-order valence-corrected chi connectivity index (χ3v) is 5.96. The second-order valence-electron chi connectivity index (χ2n) is 8.97. The van der Waals surface area contributed by atoms with Gasteiger partial charge in [0.25, 0.3) is 5.91 Å². The number of aryl methyl sites for hydroxylation is 2. The number of sulfonamides is 1. The number of benzene rings is 2. The molecular weight excluding hydrogens is 426 g/mol. The molecule has 3 aromatic rings. The molecule has 172 valence electrons. The van der Waals surface area contributed by atoms with Crippen molar-refractivity contribution in [2.45, 2.75) is 46.6 Å². The molecule has 2 aromatic carbocycles. The van der Waals surface area contributed by atoms with Crippen LogP contribution in [0.15, 0.2) is 36.4 Å². The molecule has 0 aliphatic rings. The number of para-hydroxylation sites is 1. The molecule has 8 heteroatoms. The molecule has 7 nitrogen and oxygen atoms in total. The highest BCUT2D eigenvalue weighted by molar-refractivity contribution is 7.92. The summed E-state index contributed by atoms with van der Waals surface area (Å²) in [6.45, 7) is 10.7. The first kappa shape index (κ1) is 23.7. The van der Waals surface area contributed by atoms with Gasteiger partial charge in [-0.3, -0.25) is 9.52 Å². The Kier molecular flexibility index (Phi) is 6.29. The Morgan fingerprint density at radius 3 is 2.34 bits per heavy atom. The number of aromatic nitrogens is 1. The van der Waals surface area contributed by atoms with E-state index >= 15 is 0 Å². The van der Waals surface area contributed by atoms with Gasteiger partial charge in [0.05, 0.1) is 30.3 Å². The summed E-state index contributed by atoms with van der Waals surface area (Å²) in [6, 6.07) is 11.4. The Balaban J connectivity index is 2.14. The van der Waals surface area contributed by atoms with Crippen molar-refractivity contribution in [1.82, 2.24) is 4.57 Å². The molecule has 0 radical (unpaired) electrons. The van der Waals surface area contributed by atoms with E-state index in [1.165, 1.54) is 7.11 Å². The first-order chi connectivity index (χ1) is 14.9.